The number of carbonyl (C=O) groups excluding carboxylic acids is 1. The van der Waals surface area contributed by atoms with Crippen LogP contribution >= 0.6 is 0 Å². The van der Waals surface area contributed by atoms with Gasteiger partial charge in [0.15, 0.2) is 5.78 Å². The highest BCUT2D eigenvalue weighted by molar-refractivity contribution is 6.03. The van der Waals surface area contributed by atoms with Gasteiger partial charge in [0.05, 0.1) is 6.04 Å². The molecule has 0 saturated carbocycles. The van der Waals surface area contributed by atoms with E-state index >= 15 is 0 Å². The Morgan fingerprint density at radius 1 is 0.759 bits per heavy atom. The molecule has 0 spiro atoms. The number of carbonyl (C=O) groups is 1. The fourth-order valence-electron chi connectivity index (χ4n) is 5.38. The Kier molecular flexibility index (Phi) is 6.46. The largest absolute Gasteiger partial charge is 0.294 e. The number of nitrogens with zero attached hydrogens (tertiary/aromatic N) is 2. The summed E-state index contributed by atoms with van der Waals surface area (Å²) in [4.78, 5) is 19.2. The molecule has 2 heterocycles. The lowest BCUT2D eigenvalue weighted by Gasteiger charge is -2.51. The van der Waals surface area contributed by atoms with E-state index in [0.29, 0.717) is 0 Å². The Morgan fingerprint density at radius 3 is 1.86 bits per heavy atom. The SMILES string of the molecule is CC(C(=O)c1ccccc1)(C(c1ccccc1)N1CCCCC1)N1CCCCC1. The van der Waals surface area contributed by atoms with E-state index in [2.05, 4.69) is 47.1 Å². The van der Waals surface area contributed by atoms with Crippen LogP contribution < -0.4 is 0 Å². The van der Waals surface area contributed by atoms with Gasteiger partial charge in [0.1, 0.15) is 5.54 Å². The molecule has 0 aliphatic carbocycles. The first kappa shape index (κ1) is 20.3. The van der Waals surface area contributed by atoms with Crippen molar-refractivity contribution in [2.75, 3.05) is 26.2 Å². The van der Waals surface area contributed by atoms with Crippen LogP contribution in [0.15, 0.2) is 60.7 Å². The van der Waals surface area contributed by atoms with E-state index in [4.69, 9.17) is 0 Å². The quantitative estimate of drug-likeness (QED) is 0.622. The highest BCUT2D eigenvalue weighted by Gasteiger charge is 2.49. The van der Waals surface area contributed by atoms with Crippen LogP contribution in [0.4, 0.5) is 0 Å². The van der Waals surface area contributed by atoms with Gasteiger partial charge in [0, 0.05) is 5.56 Å². The summed E-state index contributed by atoms with van der Waals surface area (Å²) in [5.41, 5.74) is 1.53. The molecule has 0 N–H and O–H groups in total. The van der Waals surface area contributed by atoms with Crippen molar-refractivity contribution in [1.29, 1.82) is 0 Å². The molecule has 2 atom stereocenters. The molecule has 3 heteroatoms. The maximum Gasteiger partial charge on any atom is 0.184 e. The number of hydrogen-bond acceptors (Lipinski definition) is 3. The molecule has 0 radical (unpaired) electrons. The van der Waals surface area contributed by atoms with Crippen LogP contribution in [0, 0.1) is 0 Å². The molecule has 4 rings (SSSR count). The number of piperidine rings is 2. The summed E-state index contributed by atoms with van der Waals surface area (Å²) in [6, 6.07) is 20.8. The van der Waals surface area contributed by atoms with Crippen LogP contribution in [-0.4, -0.2) is 47.3 Å². The summed E-state index contributed by atoms with van der Waals surface area (Å²) >= 11 is 0. The molecule has 2 aliphatic rings. The Balaban J connectivity index is 1.82. The zero-order valence-corrected chi connectivity index (χ0v) is 17.7. The van der Waals surface area contributed by atoms with Gasteiger partial charge in [-0.05, 0) is 64.3 Å². The summed E-state index contributed by atoms with van der Waals surface area (Å²) in [7, 11) is 0. The van der Waals surface area contributed by atoms with Crippen molar-refractivity contribution in [2.24, 2.45) is 0 Å². The molecule has 2 aromatic rings. The van der Waals surface area contributed by atoms with Crippen LogP contribution in [0.1, 0.15) is 67.4 Å². The number of benzene rings is 2. The lowest BCUT2D eigenvalue weighted by Crippen LogP contribution is -2.62. The van der Waals surface area contributed by atoms with Crippen LogP contribution in [0.2, 0.25) is 0 Å². The Labute approximate surface area is 175 Å². The van der Waals surface area contributed by atoms with Gasteiger partial charge < -0.3 is 0 Å². The average Bonchev–Trinajstić information content (AvgIpc) is 2.81. The van der Waals surface area contributed by atoms with Crippen molar-refractivity contribution >= 4 is 5.78 Å². The first-order valence-corrected chi connectivity index (χ1v) is 11.3. The molecule has 0 amide bonds. The molecule has 2 saturated heterocycles. The van der Waals surface area contributed by atoms with Crippen molar-refractivity contribution in [2.45, 2.75) is 57.0 Å². The first-order valence-electron chi connectivity index (χ1n) is 11.3. The van der Waals surface area contributed by atoms with Gasteiger partial charge in [0.25, 0.3) is 0 Å². The lowest BCUT2D eigenvalue weighted by atomic mass is 9.76. The highest BCUT2D eigenvalue weighted by atomic mass is 16.1. The van der Waals surface area contributed by atoms with Crippen LogP contribution in [0.3, 0.4) is 0 Å². The summed E-state index contributed by atoms with van der Waals surface area (Å²) in [6.45, 7) is 6.38. The normalized spacial score (nSPS) is 22.0. The summed E-state index contributed by atoms with van der Waals surface area (Å²) in [5.74, 6) is 0.263. The van der Waals surface area contributed by atoms with E-state index in [9.17, 15) is 4.79 Å². The van der Waals surface area contributed by atoms with E-state index in [1.165, 1.54) is 44.1 Å². The molecule has 2 unspecified atom stereocenters. The van der Waals surface area contributed by atoms with Gasteiger partial charge in [-0.2, -0.15) is 0 Å². The Bertz CT molecular complexity index is 779. The van der Waals surface area contributed by atoms with Gasteiger partial charge >= 0.3 is 0 Å². The van der Waals surface area contributed by atoms with E-state index < -0.39 is 5.54 Å². The number of likely N-dealkylation sites (tertiary alicyclic amines) is 2. The lowest BCUT2D eigenvalue weighted by molar-refractivity contribution is -0.00326. The predicted molar refractivity (Wildman–Crippen MR) is 119 cm³/mol. The molecule has 2 fully saturated rings. The van der Waals surface area contributed by atoms with Crippen molar-refractivity contribution < 1.29 is 4.79 Å². The first-order chi connectivity index (χ1) is 14.2. The molecule has 2 aliphatic heterocycles. The maximum absolute atomic E-state index is 14.2. The standard InChI is InChI=1S/C26H34N2O/c1-26(28-20-12-5-13-21-28,25(29)23-16-8-3-9-17-23)24(22-14-6-2-7-15-22)27-18-10-4-11-19-27/h2-3,6-9,14-17,24H,4-5,10-13,18-21H2,1H3. The minimum atomic E-state index is -0.569. The number of ketones is 1. The van der Waals surface area contributed by atoms with Crippen molar-refractivity contribution in [3.8, 4) is 0 Å². The Morgan fingerprint density at radius 2 is 1.28 bits per heavy atom. The van der Waals surface area contributed by atoms with Crippen molar-refractivity contribution in [1.82, 2.24) is 9.80 Å². The summed E-state index contributed by atoms with van der Waals surface area (Å²) in [5, 5.41) is 0. The molecule has 154 valence electrons. The third-order valence-corrected chi connectivity index (χ3v) is 6.91. The van der Waals surface area contributed by atoms with Gasteiger partial charge in [-0.15, -0.1) is 0 Å². The third-order valence-electron chi connectivity index (χ3n) is 6.91. The maximum atomic E-state index is 14.2. The van der Waals surface area contributed by atoms with Gasteiger partial charge in [0.2, 0.25) is 0 Å². The zero-order chi connectivity index (χ0) is 20.1. The second kappa shape index (κ2) is 9.23. The van der Waals surface area contributed by atoms with Crippen LogP contribution in [-0.2, 0) is 0 Å². The molecular weight excluding hydrogens is 356 g/mol. The van der Waals surface area contributed by atoms with Gasteiger partial charge in [-0.3, -0.25) is 14.6 Å². The monoisotopic (exact) mass is 390 g/mol. The van der Waals surface area contributed by atoms with E-state index in [-0.39, 0.29) is 11.8 Å². The number of Topliss-reactive ketones (excluding diaryl/α,β-unsaturated/α-hetero) is 1. The topological polar surface area (TPSA) is 23.6 Å². The smallest absolute Gasteiger partial charge is 0.184 e. The molecule has 29 heavy (non-hydrogen) atoms. The predicted octanol–water partition coefficient (Wildman–Crippen LogP) is 5.34. The van der Waals surface area contributed by atoms with Crippen LogP contribution in [0.5, 0.6) is 0 Å². The number of rotatable bonds is 6. The second-order valence-corrected chi connectivity index (χ2v) is 8.80. The minimum absolute atomic E-state index is 0.0785. The Hall–Kier alpha value is -1.97. The molecule has 3 nitrogen and oxygen atoms in total. The molecule has 2 aromatic carbocycles. The molecule has 0 bridgehead atoms. The third kappa shape index (κ3) is 4.17. The second-order valence-electron chi connectivity index (χ2n) is 8.80. The fourth-order valence-corrected chi connectivity index (χ4v) is 5.38. The molecular formula is C26H34N2O. The molecule has 0 aromatic heterocycles. The van der Waals surface area contributed by atoms with E-state index in [1.54, 1.807) is 0 Å². The van der Waals surface area contributed by atoms with Crippen LogP contribution in [0.25, 0.3) is 0 Å². The van der Waals surface area contributed by atoms with Crippen molar-refractivity contribution in [3.05, 3.63) is 71.8 Å². The average molecular weight is 391 g/mol. The van der Waals surface area contributed by atoms with E-state index in [0.717, 1.165) is 31.7 Å². The van der Waals surface area contributed by atoms with E-state index in [1.807, 2.05) is 30.3 Å². The van der Waals surface area contributed by atoms with Gasteiger partial charge in [-0.1, -0.05) is 73.5 Å². The number of hydrogen-bond donors (Lipinski definition) is 0. The fraction of sp³-hybridized carbons (Fsp3) is 0.500. The minimum Gasteiger partial charge on any atom is -0.294 e. The summed E-state index contributed by atoms with van der Waals surface area (Å²) < 4.78 is 0. The van der Waals surface area contributed by atoms with Gasteiger partial charge in [-0.25, -0.2) is 0 Å². The highest BCUT2D eigenvalue weighted by Crippen LogP contribution is 2.41. The summed E-state index contributed by atoms with van der Waals surface area (Å²) in [6.07, 6.45) is 7.37. The zero-order valence-electron chi connectivity index (χ0n) is 17.7. The van der Waals surface area contributed by atoms with Crippen molar-refractivity contribution in [3.63, 3.8) is 0 Å².